The van der Waals surface area contributed by atoms with Gasteiger partial charge in [0.2, 0.25) is 5.95 Å². The predicted molar refractivity (Wildman–Crippen MR) is 114 cm³/mol. The van der Waals surface area contributed by atoms with E-state index in [9.17, 15) is 9.90 Å². The summed E-state index contributed by atoms with van der Waals surface area (Å²) in [6.07, 6.45) is 4.83. The summed E-state index contributed by atoms with van der Waals surface area (Å²) < 4.78 is 6.77. The van der Waals surface area contributed by atoms with Crippen LogP contribution in [0, 0.1) is 0 Å². The number of anilines is 3. The lowest BCUT2D eigenvalue weighted by molar-refractivity contribution is 0.0600. The van der Waals surface area contributed by atoms with E-state index in [1.54, 1.807) is 24.5 Å². The molecule has 0 saturated heterocycles. The summed E-state index contributed by atoms with van der Waals surface area (Å²) in [5, 5.41) is 16.4. The predicted octanol–water partition coefficient (Wildman–Crippen LogP) is 3.09. The van der Waals surface area contributed by atoms with Gasteiger partial charge in [0, 0.05) is 18.3 Å². The number of carbonyl (C=O) groups is 1. The third-order valence-electron chi connectivity index (χ3n) is 5.38. The van der Waals surface area contributed by atoms with Crippen LogP contribution >= 0.6 is 0 Å². The number of hydrogen-bond donors (Lipinski definition) is 3. The number of fused-ring (bicyclic) bond motifs is 1. The Hall–Kier alpha value is -3.20. The molecule has 30 heavy (non-hydrogen) atoms. The van der Waals surface area contributed by atoms with Crippen LogP contribution in [-0.2, 0) is 11.3 Å². The van der Waals surface area contributed by atoms with Crippen molar-refractivity contribution in [2.45, 2.75) is 51.3 Å². The van der Waals surface area contributed by atoms with Gasteiger partial charge in [-0.1, -0.05) is 6.07 Å². The van der Waals surface area contributed by atoms with Crippen LogP contribution in [0.4, 0.5) is 17.5 Å². The summed E-state index contributed by atoms with van der Waals surface area (Å²) in [4.78, 5) is 25.7. The third-order valence-corrected chi connectivity index (χ3v) is 5.38. The lowest BCUT2D eigenvalue weighted by Crippen LogP contribution is -2.29. The molecule has 0 unspecified atom stereocenters. The van der Waals surface area contributed by atoms with Gasteiger partial charge in [-0.3, -0.25) is 0 Å². The molecule has 0 amide bonds. The van der Waals surface area contributed by atoms with E-state index in [0.29, 0.717) is 28.5 Å². The largest absolute Gasteiger partial charge is 0.465 e. The van der Waals surface area contributed by atoms with E-state index in [1.807, 2.05) is 17.6 Å². The van der Waals surface area contributed by atoms with E-state index in [2.05, 4.69) is 25.6 Å². The summed E-state index contributed by atoms with van der Waals surface area (Å²) in [5.74, 6) is 0.682. The maximum Gasteiger partial charge on any atom is 0.337 e. The van der Waals surface area contributed by atoms with Gasteiger partial charge in [0.1, 0.15) is 0 Å². The fourth-order valence-corrected chi connectivity index (χ4v) is 3.71. The molecule has 0 radical (unpaired) electrons. The molecule has 2 aromatic heterocycles. The number of rotatable bonds is 6. The Bertz CT molecular complexity index is 1040. The van der Waals surface area contributed by atoms with Gasteiger partial charge in [0.05, 0.1) is 25.1 Å². The Morgan fingerprint density at radius 1 is 1.27 bits per heavy atom. The van der Waals surface area contributed by atoms with Crippen molar-refractivity contribution in [3.63, 3.8) is 0 Å². The maximum absolute atomic E-state index is 11.9. The van der Waals surface area contributed by atoms with Crippen LogP contribution in [0.15, 0.2) is 30.6 Å². The molecule has 0 atom stereocenters. The van der Waals surface area contributed by atoms with Crippen molar-refractivity contribution in [2.75, 3.05) is 17.7 Å². The highest BCUT2D eigenvalue weighted by Gasteiger charge is 2.21. The average Bonchev–Trinajstić information content (AvgIpc) is 3.18. The van der Waals surface area contributed by atoms with Crippen molar-refractivity contribution in [2.24, 2.45) is 0 Å². The van der Waals surface area contributed by atoms with Crippen LogP contribution in [0.2, 0.25) is 0 Å². The molecule has 0 spiro atoms. The van der Waals surface area contributed by atoms with E-state index in [4.69, 9.17) is 4.74 Å². The number of hydrogen-bond acceptors (Lipinski definition) is 8. The van der Waals surface area contributed by atoms with Crippen LogP contribution in [-0.4, -0.2) is 49.9 Å². The zero-order chi connectivity index (χ0) is 21.1. The normalized spacial score (nSPS) is 18.9. The second-order valence-corrected chi connectivity index (χ2v) is 7.45. The van der Waals surface area contributed by atoms with Gasteiger partial charge < -0.3 is 25.0 Å². The smallest absolute Gasteiger partial charge is 0.337 e. The standard InChI is InChI=1S/C21H26N6O3/c1-3-27-12-22-17-18(23-15-6-4-5-13(11-15)20(29)30-2)25-21(26-19(17)27)24-14-7-9-16(28)10-8-14/h4-6,11-12,14,16,28H,3,7-10H2,1-2H3,(H2,23,24,25,26). The lowest BCUT2D eigenvalue weighted by atomic mass is 9.93. The van der Waals surface area contributed by atoms with Crippen molar-refractivity contribution < 1.29 is 14.6 Å². The number of aryl methyl sites for hydroxylation is 1. The van der Waals surface area contributed by atoms with Crippen molar-refractivity contribution in [1.29, 1.82) is 0 Å². The number of aliphatic hydroxyl groups is 1. The minimum Gasteiger partial charge on any atom is -0.465 e. The summed E-state index contributed by atoms with van der Waals surface area (Å²) in [6.45, 7) is 2.77. The number of aliphatic hydroxyl groups excluding tert-OH is 1. The Balaban J connectivity index is 1.66. The number of nitrogens with one attached hydrogen (secondary N) is 2. The lowest BCUT2D eigenvalue weighted by Gasteiger charge is -2.26. The molecular formula is C21H26N6O3. The topological polar surface area (TPSA) is 114 Å². The van der Waals surface area contributed by atoms with Gasteiger partial charge in [-0.25, -0.2) is 9.78 Å². The van der Waals surface area contributed by atoms with Crippen molar-refractivity contribution in [3.8, 4) is 0 Å². The molecule has 1 aliphatic rings. The maximum atomic E-state index is 11.9. The number of benzene rings is 1. The van der Waals surface area contributed by atoms with Crippen LogP contribution in [0.1, 0.15) is 43.0 Å². The SMILES string of the molecule is CCn1cnc2c(Nc3cccc(C(=O)OC)c3)nc(NC3CCC(O)CC3)nc21. The van der Waals surface area contributed by atoms with Gasteiger partial charge in [-0.2, -0.15) is 9.97 Å². The molecule has 2 heterocycles. The zero-order valence-electron chi connectivity index (χ0n) is 17.1. The fraction of sp³-hybridized carbons (Fsp3) is 0.429. The highest BCUT2D eigenvalue weighted by molar-refractivity contribution is 5.91. The number of nitrogens with zero attached hydrogens (tertiary/aromatic N) is 4. The van der Waals surface area contributed by atoms with Gasteiger partial charge in [0.25, 0.3) is 0 Å². The van der Waals surface area contributed by atoms with E-state index in [0.717, 1.165) is 37.9 Å². The van der Waals surface area contributed by atoms with Gasteiger partial charge >= 0.3 is 5.97 Å². The average molecular weight is 410 g/mol. The van der Waals surface area contributed by atoms with Crippen molar-refractivity contribution >= 4 is 34.6 Å². The number of esters is 1. The molecule has 1 saturated carbocycles. The van der Waals surface area contributed by atoms with E-state index in [1.165, 1.54) is 7.11 Å². The number of methoxy groups -OCH3 is 1. The third kappa shape index (κ3) is 4.20. The first-order chi connectivity index (χ1) is 14.6. The van der Waals surface area contributed by atoms with Crippen LogP contribution in [0.5, 0.6) is 0 Å². The Kier molecular flexibility index (Phi) is 5.80. The van der Waals surface area contributed by atoms with Gasteiger partial charge in [0.15, 0.2) is 17.0 Å². The molecule has 4 rings (SSSR count). The molecule has 1 fully saturated rings. The quantitative estimate of drug-likeness (QED) is 0.531. The first kappa shape index (κ1) is 20.1. The monoisotopic (exact) mass is 410 g/mol. The molecular weight excluding hydrogens is 384 g/mol. The minimum atomic E-state index is -0.399. The van der Waals surface area contributed by atoms with E-state index in [-0.39, 0.29) is 12.1 Å². The summed E-state index contributed by atoms with van der Waals surface area (Å²) in [7, 11) is 1.36. The molecule has 9 nitrogen and oxygen atoms in total. The Morgan fingerprint density at radius 2 is 2.07 bits per heavy atom. The zero-order valence-corrected chi connectivity index (χ0v) is 17.1. The number of ether oxygens (including phenoxy) is 1. The van der Waals surface area contributed by atoms with Gasteiger partial charge in [-0.15, -0.1) is 0 Å². The first-order valence-electron chi connectivity index (χ1n) is 10.2. The molecule has 0 aliphatic heterocycles. The summed E-state index contributed by atoms with van der Waals surface area (Å²) >= 11 is 0. The Labute approximate surface area is 174 Å². The highest BCUT2D eigenvalue weighted by Crippen LogP contribution is 2.27. The van der Waals surface area contributed by atoms with Crippen LogP contribution in [0.3, 0.4) is 0 Å². The second-order valence-electron chi connectivity index (χ2n) is 7.45. The first-order valence-corrected chi connectivity index (χ1v) is 10.2. The van der Waals surface area contributed by atoms with Gasteiger partial charge in [-0.05, 0) is 50.8 Å². The molecule has 1 aromatic carbocycles. The number of carbonyl (C=O) groups excluding carboxylic acids is 1. The van der Waals surface area contributed by atoms with Crippen molar-refractivity contribution in [1.82, 2.24) is 19.5 Å². The second kappa shape index (κ2) is 8.66. The van der Waals surface area contributed by atoms with Crippen molar-refractivity contribution in [3.05, 3.63) is 36.2 Å². The number of aromatic nitrogens is 4. The summed E-state index contributed by atoms with van der Waals surface area (Å²) in [6, 6.07) is 7.27. The van der Waals surface area contributed by atoms with E-state index < -0.39 is 5.97 Å². The Morgan fingerprint density at radius 3 is 2.80 bits per heavy atom. The van der Waals surface area contributed by atoms with Crippen LogP contribution < -0.4 is 10.6 Å². The van der Waals surface area contributed by atoms with Crippen LogP contribution in [0.25, 0.3) is 11.2 Å². The molecule has 1 aliphatic carbocycles. The fourth-order valence-electron chi connectivity index (χ4n) is 3.71. The van der Waals surface area contributed by atoms with E-state index >= 15 is 0 Å². The molecule has 3 N–H and O–H groups in total. The molecule has 3 aromatic rings. The highest BCUT2D eigenvalue weighted by atomic mass is 16.5. The number of imidazole rings is 1. The molecule has 158 valence electrons. The molecule has 9 heteroatoms. The molecule has 0 bridgehead atoms. The summed E-state index contributed by atoms with van der Waals surface area (Å²) in [5.41, 5.74) is 2.55. The minimum absolute atomic E-state index is 0.215.